The van der Waals surface area contributed by atoms with E-state index in [1.165, 1.54) is 6.07 Å². The van der Waals surface area contributed by atoms with E-state index < -0.39 is 5.97 Å². The second-order valence-corrected chi connectivity index (χ2v) is 4.02. The number of carboxylic acid groups (broad SMARTS) is 1. The second kappa shape index (κ2) is 4.88. The number of aromatic nitrogens is 2. The van der Waals surface area contributed by atoms with Gasteiger partial charge in [0.2, 0.25) is 5.95 Å². The molecule has 1 aromatic rings. The Labute approximate surface area is 95.4 Å². The van der Waals surface area contributed by atoms with Crippen molar-refractivity contribution in [3.63, 3.8) is 0 Å². The predicted octanol–water partition coefficient (Wildman–Crippen LogP) is 1.80. The Balaban J connectivity index is 2.88. The average Bonchev–Trinajstić information content (AvgIpc) is 2.13. The molecule has 0 radical (unpaired) electrons. The van der Waals surface area contributed by atoms with Crippen molar-refractivity contribution in [2.24, 2.45) is 0 Å². The highest BCUT2D eigenvalue weighted by Crippen LogP contribution is 2.07. The minimum Gasteiger partial charge on any atom is -0.477 e. The molecule has 2 N–H and O–H groups in total. The van der Waals surface area contributed by atoms with Crippen LogP contribution in [0.15, 0.2) is 17.1 Å². The molecule has 0 spiro atoms. The highest BCUT2D eigenvalue weighted by atomic mass is 79.9. The zero-order valence-corrected chi connectivity index (χ0v) is 9.71. The number of hydrogen-bond donors (Lipinski definition) is 2. The largest absolute Gasteiger partial charge is 0.477 e. The van der Waals surface area contributed by atoms with E-state index in [4.69, 9.17) is 5.11 Å². The van der Waals surface area contributed by atoms with Gasteiger partial charge in [0.1, 0.15) is 0 Å². The minimum atomic E-state index is -1.07. The van der Waals surface area contributed by atoms with E-state index in [0.717, 1.165) is 4.48 Å². The third-order valence-electron chi connectivity index (χ3n) is 1.51. The van der Waals surface area contributed by atoms with Crippen molar-refractivity contribution in [3.8, 4) is 0 Å². The minimum absolute atomic E-state index is 0.0230. The van der Waals surface area contributed by atoms with Crippen LogP contribution in [0.4, 0.5) is 5.95 Å². The molecule has 0 aliphatic heterocycles. The number of nitrogens with one attached hydrogen (secondary N) is 1. The zero-order chi connectivity index (χ0) is 11.4. The summed E-state index contributed by atoms with van der Waals surface area (Å²) in [6.45, 7) is 5.79. The molecule has 0 saturated carbocycles. The summed E-state index contributed by atoms with van der Waals surface area (Å²) in [6.07, 6.45) is 0. The smallest absolute Gasteiger partial charge is 0.354 e. The van der Waals surface area contributed by atoms with Crippen LogP contribution in [0.3, 0.4) is 0 Å². The molecule has 0 amide bonds. The number of hydrogen-bond acceptors (Lipinski definition) is 4. The number of halogens is 1. The molecule has 0 aliphatic rings. The first-order valence-electron chi connectivity index (χ1n) is 4.15. The Hall–Kier alpha value is -1.43. The van der Waals surface area contributed by atoms with Crippen LogP contribution >= 0.6 is 15.9 Å². The summed E-state index contributed by atoms with van der Waals surface area (Å²) in [5.41, 5.74) is 0.579. The van der Waals surface area contributed by atoms with E-state index in [0.29, 0.717) is 12.2 Å². The lowest BCUT2D eigenvalue weighted by Crippen LogP contribution is -2.09. The fraction of sp³-hybridized carbons (Fsp3) is 0.222. The number of aryl methyl sites for hydroxylation is 1. The van der Waals surface area contributed by atoms with Crippen molar-refractivity contribution in [1.29, 1.82) is 0 Å². The first kappa shape index (κ1) is 11.6. The molecule has 0 aromatic carbocycles. The number of aromatic carboxylic acids is 1. The van der Waals surface area contributed by atoms with Crippen LogP contribution in [0.1, 0.15) is 16.2 Å². The molecular weight excluding hydrogens is 262 g/mol. The summed E-state index contributed by atoms with van der Waals surface area (Å²) in [7, 11) is 0. The van der Waals surface area contributed by atoms with Crippen LogP contribution < -0.4 is 5.32 Å². The van der Waals surface area contributed by atoms with E-state index in [9.17, 15) is 4.79 Å². The van der Waals surface area contributed by atoms with Gasteiger partial charge in [0.15, 0.2) is 5.69 Å². The van der Waals surface area contributed by atoms with E-state index in [1.807, 2.05) is 0 Å². The van der Waals surface area contributed by atoms with Gasteiger partial charge in [0, 0.05) is 16.7 Å². The Morgan fingerprint density at radius 1 is 1.67 bits per heavy atom. The van der Waals surface area contributed by atoms with Crippen LogP contribution in [0.5, 0.6) is 0 Å². The van der Waals surface area contributed by atoms with Crippen molar-refractivity contribution < 1.29 is 9.90 Å². The molecule has 5 nitrogen and oxygen atoms in total. The highest BCUT2D eigenvalue weighted by Gasteiger charge is 2.07. The molecule has 0 bridgehead atoms. The van der Waals surface area contributed by atoms with Crippen molar-refractivity contribution >= 4 is 27.8 Å². The Bertz CT molecular complexity index is 406. The summed E-state index contributed by atoms with van der Waals surface area (Å²) in [6, 6.07) is 1.41. The summed E-state index contributed by atoms with van der Waals surface area (Å²) >= 11 is 3.17. The fourth-order valence-corrected chi connectivity index (χ4v) is 1.07. The van der Waals surface area contributed by atoms with Gasteiger partial charge in [-0.1, -0.05) is 22.5 Å². The van der Waals surface area contributed by atoms with Crippen LogP contribution in [-0.2, 0) is 0 Å². The Morgan fingerprint density at radius 2 is 2.33 bits per heavy atom. The molecule has 15 heavy (non-hydrogen) atoms. The number of anilines is 1. The normalized spacial score (nSPS) is 9.73. The molecule has 6 heteroatoms. The van der Waals surface area contributed by atoms with Crippen molar-refractivity contribution in [1.82, 2.24) is 9.97 Å². The molecule has 1 heterocycles. The van der Waals surface area contributed by atoms with Crippen molar-refractivity contribution in [3.05, 3.63) is 28.5 Å². The van der Waals surface area contributed by atoms with Crippen molar-refractivity contribution in [2.75, 3.05) is 11.9 Å². The Morgan fingerprint density at radius 3 is 2.87 bits per heavy atom. The molecule has 0 aliphatic carbocycles. The van der Waals surface area contributed by atoms with Gasteiger partial charge < -0.3 is 10.4 Å². The second-order valence-electron chi connectivity index (χ2n) is 2.89. The first-order valence-corrected chi connectivity index (χ1v) is 4.94. The maximum absolute atomic E-state index is 10.7. The van der Waals surface area contributed by atoms with Gasteiger partial charge in [-0.15, -0.1) is 0 Å². The maximum Gasteiger partial charge on any atom is 0.354 e. The third kappa shape index (κ3) is 3.67. The van der Waals surface area contributed by atoms with Gasteiger partial charge >= 0.3 is 5.97 Å². The van der Waals surface area contributed by atoms with Crippen LogP contribution in [0.2, 0.25) is 0 Å². The molecular formula is C9H10BrN3O2. The van der Waals surface area contributed by atoms with Crippen LogP contribution in [-0.4, -0.2) is 27.6 Å². The molecule has 0 fully saturated rings. The summed E-state index contributed by atoms with van der Waals surface area (Å²) in [5.74, 6) is -0.783. The summed E-state index contributed by atoms with van der Waals surface area (Å²) < 4.78 is 0.740. The monoisotopic (exact) mass is 271 g/mol. The topological polar surface area (TPSA) is 75.1 Å². The predicted molar refractivity (Wildman–Crippen MR) is 60.3 cm³/mol. The van der Waals surface area contributed by atoms with E-state index in [1.54, 1.807) is 6.92 Å². The number of rotatable bonds is 4. The van der Waals surface area contributed by atoms with Crippen LogP contribution in [0.25, 0.3) is 0 Å². The summed E-state index contributed by atoms with van der Waals surface area (Å²) in [5, 5.41) is 11.6. The van der Waals surface area contributed by atoms with Gasteiger partial charge in [0.05, 0.1) is 0 Å². The fourth-order valence-electron chi connectivity index (χ4n) is 0.932. The number of carbonyl (C=O) groups is 1. The van der Waals surface area contributed by atoms with Gasteiger partial charge in [0.25, 0.3) is 0 Å². The third-order valence-corrected chi connectivity index (χ3v) is 1.79. The van der Waals surface area contributed by atoms with E-state index in [-0.39, 0.29) is 11.6 Å². The molecule has 0 atom stereocenters. The first-order chi connectivity index (χ1) is 6.99. The average molecular weight is 272 g/mol. The molecule has 0 unspecified atom stereocenters. The molecule has 0 saturated heterocycles. The standard InChI is InChI=1S/C9H10BrN3O2/c1-5(10)4-11-9-12-6(2)3-7(13-9)8(14)15/h3H,1,4H2,2H3,(H,14,15)(H,11,12,13). The lowest BCUT2D eigenvalue weighted by Gasteiger charge is -2.05. The van der Waals surface area contributed by atoms with Crippen LogP contribution in [0, 0.1) is 6.92 Å². The lowest BCUT2D eigenvalue weighted by atomic mass is 10.3. The molecule has 1 rings (SSSR count). The van der Waals surface area contributed by atoms with E-state index in [2.05, 4.69) is 37.8 Å². The van der Waals surface area contributed by atoms with Crippen molar-refractivity contribution in [2.45, 2.75) is 6.92 Å². The van der Waals surface area contributed by atoms with Gasteiger partial charge in [-0.3, -0.25) is 0 Å². The van der Waals surface area contributed by atoms with Gasteiger partial charge in [-0.25, -0.2) is 14.8 Å². The molecule has 80 valence electrons. The maximum atomic E-state index is 10.7. The highest BCUT2D eigenvalue weighted by molar-refractivity contribution is 9.11. The molecule has 1 aromatic heterocycles. The quantitative estimate of drug-likeness (QED) is 0.874. The lowest BCUT2D eigenvalue weighted by molar-refractivity contribution is 0.0690. The van der Waals surface area contributed by atoms with E-state index >= 15 is 0 Å². The van der Waals surface area contributed by atoms with Gasteiger partial charge in [-0.05, 0) is 13.0 Å². The van der Waals surface area contributed by atoms with Gasteiger partial charge in [-0.2, -0.15) is 0 Å². The SMILES string of the molecule is C=C(Br)CNc1nc(C)cc(C(=O)O)n1. The zero-order valence-electron chi connectivity index (χ0n) is 8.12. The number of carboxylic acids is 1. The summed E-state index contributed by atoms with van der Waals surface area (Å²) in [4.78, 5) is 18.6. The Kier molecular flexibility index (Phi) is 3.79. The number of nitrogens with zero attached hydrogens (tertiary/aromatic N) is 2.